The largest absolute Gasteiger partial charge is 0.462 e. The molecule has 2 bridgehead atoms. The van der Waals surface area contributed by atoms with Gasteiger partial charge in [0.05, 0.1) is 34.7 Å². The molecule has 7 rings (SSSR count). The van der Waals surface area contributed by atoms with E-state index >= 15 is 0 Å². The smallest absolute Gasteiger partial charge is 0.338 e. The Balaban J connectivity index is 1.25. The maximum Gasteiger partial charge on any atom is 0.338 e. The summed E-state index contributed by atoms with van der Waals surface area (Å²) < 4.78 is 5.05. The van der Waals surface area contributed by atoms with Crippen LogP contribution in [-0.2, 0) is 14.3 Å². The van der Waals surface area contributed by atoms with Gasteiger partial charge in [0.15, 0.2) is 0 Å². The summed E-state index contributed by atoms with van der Waals surface area (Å²) in [5.41, 5.74) is 1.94. The Morgan fingerprint density at radius 1 is 1.03 bits per heavy atom. The van der Waals surface area contributed by atoms with Gasteiger partial charge >= 0.3 is 10.8 Å². The Morgan fingerprint density at radius 3 is 2.39 bits per heavy atom. The predicted molar refractivity (Wildman–Crippen MR) is 145 cm³/mol. The lowest BCUT2D eigenvalue weighted by atomic mass is 9.68. The van der Waals surface area contributed by atoms with Gasteiger partial charge < -0.3 is 9.72 Å². The number of aromatic nitrogens is 1. The van der Waals surface area contributed by atoms with E-state index in [1.807, 2.05) is 24.3 Å². The molecular formula is C28H23ClN2O5S2. The molecule has 3 fully saturated rings. The van der Waals surface area contributed by atoms with Crippen LogP contribution in [0.3, 0.4) is 0 Å². The van der Waals surface area contributed by atoms with Crippen molar-refractivity contribution in [3.63, 3.8) is 0 Å². The lowest BCUT2D eigenvalue weighted by Crippen LogP contribution is -2.42. The number of hydrogen-bond acceptors (Lipinski definition) is 7. The Labute approximate surface area is 231 Å². The molecule has 2 aliphatic heterocycles. The van der Waals surface area contributed by atoms with Crippen molar-refractivity contribution in [2.75, 3.05) is 11.5 Å². The number of imide groups is 1. The van der Waals surface area contributed by atoms with E-state index in [1.54, 1.807) is 43.0 Å². The van der Waals surface area contributed by atoms with Crippen molar-refractivity contribution >= 4 is 58.2 Å². The zero-order valence-corrected chi connectivity index (χ0v) is 22.6. The number of fused-ring (bicyclic) bond motifs is 9. The molecule has 2 aromatic carbocycles. The first-order chi connectivity index (χ1) is 18.4. The summed E-state index contributed by atoms with van der Waals surface area (Å²) in [7, 11) is 0. The van der Waals surface area contributed by atoms with Gasteiger partial charge in [-0.2, -0.15) is 0 Å². The summed E-state index contributed by atoms with van der Waals surface area (Å²) in [6.07, 6.45) is 0.827. The van der Waals surface area contributed by atoms with Crippen LogP contribution in [0.5, 0.6) is 0 Å². The number of nitrogens with one attached hydrogen (secondary N) is 1. The zero-order chi connectivity index (χ0) is 26.3. The maximum absolute atomic E-state index is 13.9. The molecule has 1 N–H and O–H groups in total. The molecule has 2 amide bonds. The van der Waals surface area contributed by atoms with Gasteiger partial charge in [0.1, 0.15) is 0 Å². The summed E-state index contributed by atoms with van der Waals surface area (Å²) in [4.78, 5) is 57.3. The molecule has 0 unspecified atom stereocenters. The molecule has 194 valence electrons. The average molecular weight is 567 g/mol. The number of thiazole rings is 1. The van der Waals surface area contributed by atoms with E-state index in [0.29, 0.717) is 16.3 Å². The average Bonchev–Trinajstić information content (AvgIpc) is 3.64. The second kappa shape index (κ2) is 8.83. The molecule has 1 aromatic heterocycles. The number of amides is 2. The standard InChI is InChI=1S/C28H23ClN2O5S2/c1-2-36-27(34)13-5-9-15(10-6-13)31-25(32)20-16-11-17(21(20)26(31)33)22-19(16)18(12-3-7-14(29)8-4-12)23-24(37-22)30-28(35)38-23/h3-10,16-22H,2,11H2,1H3,(H,30,35)/t16-,17-,18-,19-,20+,21-,22-/m1/s1. The number of benzene rings is 2. The topological polar surface area (TPSA) is 96.5 Å². The van der Waals surface area contributed by atoms with Crippen LogP contribution in [0, 0.1) is 29.6 Å². The van der Waals surface area contributed by atoms with Crippen LogP contribution in [-0.4, -0.2) is 34.6 Å². The van der Waals surface area contributed by atoms with Gasteiger partial charge in [-0.25, -0.2) is 4.79 Å². The number of carbonyl (C=O) groups excluding carboxylic acids is 3. The molecule has 1 saturated heterocycles. The van der Waals surface area contributed by atoms with Gasteiger partial charge in [-0.1, -0.05) is 35.1 Å². The third-order valence-electron chi connectivity index (χ3n) is 8.59. The number of esters is 1. The Morgan fingerprint density at radius 2 is 1.71 bits per heavy atom. The monoisotopic (exact) mass is 566 g/mol. The highest BCUT2D eigenvalue weighted by Gasteiger charge is 2.69. The first kappa shape index (κ1) is 24.2. The number of anilines is 1. The predicted octanol–water partition coefficient (Wildman–Crippen LogP) is 4.94. The Hall–Kier alpha value is -2.88. The van der Waals surface area contributed by atoms with Gasteiger partial charge in [-0.15, -0.1) is 11.8 Å². The van der Waals surface area contributed by atoms with E-state index in [9.17, 15) is 19.2 Å². The molecule has 3 aromatic rings. The molecule has 0 spiro atoms. The quantitative estimate of drug-likeness (QED) is 0.355. The minimum Gasteiger partial charge on any atom is -0.462 e. The van der Waals surface area contributed by atoms with E-state index in [-0.39, 0.29) is 64.1 Å². The van der Waals surface area contributed by atoms with Crippen LogP contribution in [0.15, 0.2) is 58.4 Å². The van der Waals surface area contributed by atoms with Crippen molar-refractivity contribution in [1.82, 2.24) is 4.98 Å². The van der Waals surface area contributed by atoms with Crippen LogP contribution in [0.1, 0.15) is 40.1 Å². The first-order valence-electron chi connectivity index (χ1n) is 12.7. The highest BCUT2D eigenvalue weighted by molar-refractivity contribution is 8.00. The third-order valence-corrected chi connectivity index (χ3v) is 11.4. The van der Waals surface area contributed by atoms with Crippen LogP contribution in [0.2, 0.25) is 5.02 Å². The number of ether oxygens (including phenoxy) is 1. The summed E-state index contributed by atoms with van der Waals surface area (Å²) >= 11 is 9.09. The van der Waals surface area contributed by atoms with E-state index in [4.69, 9.17) is 16.3 Å². The fourth-order valence-corrected chi connectivity index (χ4v) is 10.3. The van der Waals surface area contributed by atoms with Crippen molar-refractivity contribution in [1.29, 1.82) is 0 Å². The fourth-order valence-electron chi connectivity index (χ4n) is 7.28. The normalized spacial score (nSPS) is 30.8. The molecule has 4 aliphatic rings. The van der Waals surface area contributed by atoms with Crippen molar-refractivity contribution in [3.05, 3.63) is 79.2 Å². The van der Waals surface area contributed by atoms with Crippen LogP contribution >= 0.6 is 34.7 Å². The SMILES string of the molecule is CCOC(=O)c1ccc(N2C(=O)[C@@H]3[C@H]4C[C@@H]([C@@H]3C2=O)[C@@H]2[C@@H](c3ccc(Cl)cc3)c3sc(=O)[nH]c3S[C@H]42)cc1. The third kappa shape index (κ3) is 3.41. The minimum absolute atomic E-state index is 0.0331. The molecule has 2 saturated carbocycles. The summed E-state index contributed by atoms with van der Waals surface area (Å²) in [6.45, 7) is 2.01. The van der Waals surface area contributed by atoms with Gasteiger partial charge in [0.25, 0.3) is 0 Å². The molecule has 10 heteroatoms. The van der Waals surface area contributed by atoms with E-state index in [2.05, 4.69) is 4.98 Å². The maximum atomic E-state index is 13.9. The lowest BCUT2D eigenvalue weighted by molar-refractivity contribution is -0.123. The van der Waals surface area contributed by atoms with E-state index in [0.717, 1.165) is 21.9 Å². The summed E-state index contributed by atoms with van der Waals surface area (Å²) in [5.74, 6) is -1.34. The number of rotatable bonds is 4. The van der Waals surface area contributed by atoms with Gasteiger partial charge in [0, 0.05) is 21.1 Å². The molecule has 2 aliphatic carbocycles. The number of aromatic amines is 1. The highest BCUT2D eigenvalue weighted by Crippen LogP contribution is 2.68. The highest BCUT2D eigenvalue weighted by atomic mass is 35.5. The molecule has 3 heterocycles. The van der Waals surface area contributed by atoms with Crippen molar-refractivity contribution in [3.8, 4) is 0 Å². The number of thioether (sulfide) groups is 1. The first-order valence-corrected chi connectivity index (χ1v) is 14.7. The fraction of sp³-hybridized carbons (Fsp3) is 0.357. The van der Waals surface area contributed by atoms with Crippen LogP contribution < -0.4 is 9.77 Å². The van der Waals surface area contributed by atoms with Crippen molar-refractivity contribution in [2.24, 2.45) is 29.6 Å². The number of halogens is 1. The number of hydrogen-bond donors (Lipinski definition) is 1. The number of nitrogens with zero attached hydrogens (tertiary/aromatic N) is 1. The summed E-state index contributed by atoms with van der Waals surface area (Å²) in [6, 6.07) is 14.2. The second-order valence-electron chi connectivity index (χ2n) is 10.3. The van der Waals surface area contributed by atoms with Gasteiger partial charge in [-0.3, -0.25) is 19.3 Å². The Bertz CT molecular complexity index is 1530. The zero-order valence-electron chi connectivity index (χ0n) is 20.3. The molecule has 0 radical (unpaired) electrons. The molecule has 7 atom stereocenters. The number of H-pyrrole nitrogens is 1. The van der Waals surface area contributed by atoms with Gasteiger partial charge in [-0.05, 0) is 73.1 Å². The van der Waals surface area contributed by atoms with Crippen molar-refractivity contribution < 1.29 is 19.1 Å². The molecule has 7 nitrogen and oxygen atoms in total. The Kier molecular flexibility index (Phi) is 5.62. The van der Waals surface area contributed by atoms with Crippen LogP contribution in [0.25, 0.3) is 0 Å². The number of carbonyl (C=O) groups is 3. The molecular weight excluding hydrogens is 544 g/mol. The molecule has 38 heavy (non-hydrogen) atoms. The lowest BCUT2D eigenvalue weighted by Gasteiger charge is -2.43. The second-order valence-corrected chi connectivity index (χ2v) is 12.9. The van der Waals surface area contributed by atoms with Crippen LogP contribution in [0.4, 0.5) is 5.69 Å². The van der Waals surface area contributed by atoms with E-state index < -0.39 is 5.97 Å². The van der Waals surface area contributed by atoms with Gasteiger partial charge in [0.2, 0.25) is 11.8 Å². The van der Waals surface area contributed by atoms with Crippen molar-refractivity contribution in [2.45, 2.75) is 29.5 Å². The minimum atomic E-state index is -0.437. The summed E-state index contributed by atoms with van der Waals surface area (Å²) in [5, 5.41) is 1.66. The van der Waals surface area contributed by atoms with E-state index in [1.165, 1.54) is 16.2 Å².